The molecule has 0 saturated heterocycles. The molecule has 1 heteroatoms. The molecule has 0 radical (unpaired) electrons. The van der Waals surface area contributed by atoms with Gasteiger partial charge in [-0.2, -0.15) is 0 Å². The Hall–Kier alpha value is -0.820. The van der Waals surface area contributed by atoms with Gasteiger partial charge in [0.15, 0.2) is 0 Å². The molecule has 1 aromatic rings. The van der Waals surface area contributed by atoms with Gasteiger partial charge in [-0.25, -0.2) is 0 Å². The van der Waals surface area contributed by atoms with E-state index >= 15 is 0 Å². The van der Waals surface area contributed by atoms with Crippen LogP contribution in [0.2, 0.25) is 0 Å². The summed E-state index contributed by atoms with van der Waals surface area (Å²) < 4.78 is 0. The second kappa shape index (κ2) is 7.09. The van der Waals surface area contributed by atoms with Gasteiger partial charge < -0.3 is 5.32 Å². The molecule has 0 fully saturated rings. The van der Waals surface area contributed by atoms with Gasteiger partial charge in [-0.05, 0) is 42.3 Å². The fraction of sp³-hybridized carbons (Fsp3) is 0.667. The first kappa shape index (κ1) is 16.2. The Labute approximate surface area is 119 Å². The highest BCUT2D eigenvalue weighted by Gasteiger charge is 2.14. The van der Waals surface area contributed by atoms with Gasteiger partial charge in [0, 0.05) is 6.04 Å². The second-order valence-electron chi connectivity index (χ2n) is 6.90. The van der Waals surface area contributed by atoms with Crippen LogP contribution < -0.4 is 5.32 Å². The van der Waals surface area contributed by atoms with E-state index in [1.165, 1.54) is 24.0 Å². The van der Waals surface area contributed by atoms with Crippen LogP contribution in [-0.2, 0) is 5.41 Å². The zero-order chi connectivity index (χ0) is 14.5. The normalized spacial score (nSPS) is 15.3. The third-order valence-electron chi connectivity index (χ3n) is 3.83. The molecule has 0 spiro atoms. The first-order valence-corrected chi connectivity index (χ1v) is 7.68. The number of nitrogens with one attached hydrogen (secondary N) is 1. The van der Waals surface area contributed by atoms with Crippen LogP contribution in [0.1, 0.15) is 71.6 Å². The highest BCUT2D eigenvalue weighted by molar-refractivity contribution is 5.28. The molecule has 19 heavy (non-hydrogen) atoms. The zero-order valence-corrected chi connectivity index (χ0v) is 13.6. The Bertz CT molecular complexity index is 358. The molecule has 0 aliphatic heterocycles. The molecular weight excluding hydrogens is 230 g/mol. The van der Waals surface area contributed by atoms with Crippen LogP contribution in [-0.4, -0.2) is 6.54 Å². The minimum absolute atomic E-state index is 0.241. The maximum absolute atomic E-state index is 3.64. The van der Waals surface area contributed by atoms with Gasteiger partial charge in [-0.3, -0.25) is 0 Å². The summed E-state index contributed by atoms with van der Waals surface area (Å²) in [5.41, 5.74) is 3.03. The first-order chi connectivity index (χ1) is 8.84. The number of rotatable bonds is 6. The summed E-state index contributed by atoms with van der Waals surface area (Å²) in [6, 6.07) is 9.51. The molecule has 0 bridgehead atoms. The highest BCUT2D eigenvalue weighted by Crippen LogP contribution is 2.24. The van der Waals surface area contributed by atoms with E-state index in [0.29, 0.717) is 6.04 Å². The van der Waals surface area contributed by atoms with E-state index in [2.05, 4.69) is 71.1 Å². The molecule has 0 heterocycles. The molecule has 0 aliphatic rings. The molecule has 0 aromatic heterocycles. The molecule has 2 atom stereocenters. The SMILES string of the molecule is CCCC(C)CNC(C)c1ccc(C(C)(C)C)cc1. The van der Waals surface area contributed by atoms with Crippen LogP contribution in [0.3, 0.4) is 0 Å². The number of hydrogen-bond acceptors (Lipinski definition) is 1. The highest BCUT2D eigenvalue weighted by atomic mass is 14.9. The van der Waals surface area contributed by atoms with E-state index in [1.54, 1.807) is 0 Å². The quantitative estimate of drug-likeness (QED) is 0.753. The Morgan fingerprint density at radius 3 is 2.11 bits per heavy atom. The van der Waals surface area contributed by atoms with E-state index in [1.807, 2.05) is 0 Å². The molecular formula is C18H31N. The van der Waals surface area contributed by atoms with E-state index < -0.39 is 0 Å². The monoisotopic (exact) mass is 261 g/mol. The summed E-state index contributed by atoms with van der Waals surface area (Å²) in [5.74, 6) is 0.765. The number of benzene rings is 1. The van der Waals surface area contributed by atoms with E-state index in [0.717, 1.165) is 12.5 Å². The van der Waals surface area contributed by atoms with Gasteiger partial charge in [-0.1, -0.05) is 65.3 Å². The van der Waals surface area contributed by atoms with E-state index in [9.17, 15) is 0 Å². The Kier molecular flexibility index (Phi) is 6.06. The standard InChI is InChI=1S/C18H31N/c1-7-8-14(2)13-19-15(3)16-9-11-17(12-10-16)18(4,5)6/h9-12,14-15,19H,7-8,13H2,1-6H3. The molecule has 1 rings (SSSR count). The van der Waals surface area contributed by atoms with Crippen molar-refractivity contribution in [2.24, 2.45) is 5.92 Å². The molecule has 0 aliphatic carbocycles. The average molecular weight is 261 g/mol. The van der Waals surface area contributed by atoms with Crippen LogP contribution in [0.15, 0.2) is 24.3 Å². The van der Waals surface area contributed by atoms with Crippen molar-refractivity contribution in [3.8, 4) is 0 Å². The third-order valence-corrected chi connectivity index (χ3v) is 3.83. The van der Waals surface area contributed by atoms with Crippen molar-refractivity contribution in [3.05, 3.63) is 35.4 Å². The van der Waals surface area contributed by atoms with Crippen LogP contribution in [0, 0.1) is 5.92 Å². The van der Waals surface area contributed by atoms with E-state index in [4.69, 9.17) is 0 Å². The van der Waals surface area contributed by atoms with Crippen molar-refractivity contribution in [3.63, 3.8) is 0 Å². The summed E-state index contributed by atoms with van der Waals surface area (Å²) in [6.07, 6.45) is 2.58. The molecule has 108 valence electrons. The molecule has 1 N–H and O–H groups in total. The summed E-state index contributed by atoms with van der Waals surface area (Å²) in [6.45, 7) is 14.7. The van der Waals surface area contributed by atoms with Crippen molar-refractivity contribution in [2.45, 2.75) is 65.8 Å². The molecule has 0 amide bonds. The van der Waals surface area contributed by atoms with Gasteiger partial charge in [0.05, 0.1) is 0 Å². The molecule has 1 aromatic carbocycles. The van der Waals surface area contributed by atoms with Crippen LogP contribution in [0.4, 0.5) is 0 Å². The van der Waals surface area contributed by atoms with Crippen LogP contribution in [0.25, 0.3) is 0 Å². The van der Waals surface area contributed by atoms with Gasteiger partial charge in [0.25, 0.3) is 0 Å². The van der Waals surface area contributed by atoms with Gasteiger partial charge in [-0.15, -0.1) is 0 Å². The van der Waals surface area contributed by atoms with Crippen molar-refractivity contribution < 1.29 is 0 Å². The molecule has 0 saturated carbocycles. The van der Waals surface area contributed by atoms with Crippen LogP contribution in [0.5, 0.6) is 0 Å². The Morgan fingerprint density at radius 2 is 1.63 bits per heavy atom. The predicted octanol–water partition coefficient (Wildman–Crippen LogP) is 5.07. The maximum atomic E-state index is 3.64. The smallest absolute Gasteiger partial charge is 0.0291 e. The molecule has 1 nitrogen and oxygen atoms in total. The lowest BCUT2D eigenvalue weighted by atomic mass is 9.86. The Morgan fingerprint density at radius 1 is 1.05 bits per heavy atom. The third kappa shape index (κ3) is 5.36. The minimum Gasteiger partial charge on any atom is -0.310 e. The van der Waals surface area contributed by atoms with Crippen molar-refractivity contribution in [1.29, 1.82) is 0 Å². The van der Waals surface area contributed by atoms with Crippen LogP contribution >= 0.6 is 0 Å². The van der Waals surface area contributed by atoms with Gasteiger partial charge in [0.1, 0.15) is 0 Å². The second-order valence-corrected chi connectivity index (χ2v) is 6.90. The summed E-state index contributed by atoms with van der Waals surface area (Å²) in [5, 5.41) is 3.64. The number of hydrogen-bond donors (Lipinski definition) is 1. The fourth-order valence-electron chi connectivity index (χ4n) is 2.36. The summed E-state index contributed by atoms with van der Waals surface area (Å²) in [4.78, 5) is 0. The topological polar surface area (TPSA) is 12.0 Å². The van der Waals surface area contributed by atoms with Crippen molar-refractivity contribution in [1.82, 2.24) is 5.32 Å². The first-order valence-electron chi connectivity index (χ1n) is 7.68. The molecule has 2 unspecified atom stereocenters. The van der Waals surface area contributed by atoms with Gasteiger partial charge in [0.2, 0.25) is 0 Å². The van der Waals surface area contributed by atoms with Crippen molar-refractivity contribution in [2.75, 3.05) is 6.54 Å². The van der Waals surface area contributed by atoms with E-state index in [-0.39, 0.29) is 5.41 Å². The zero-order valence-electron chi connectivity index (χ0n) is 13.6. The lowest BCUT2D eigenvalue weighted by Crippen LogP contribution is -2.24. The largest absolute Gasteiger partial charge is 0.310 e. The summed E-state index contributed by atoms with van der Waals surface area (Å²) in [7, 11) is 0. The maximum Gasteiger partial charge on any atom is 0.0291 e. The predicted molar refractivity (Wildman–Crippen MR) is 85.6 cm³/mol. The average Bonchev–Trinajstić information content (AvgIpc) is 2.35. The summed E-state index contributed by atoms with van der Waals surface area (Å²) >= 11 is 0. The lowest BCUT2D eigenvalue weighted by Gasteiger charge is -2.21. The van der Waals surface area contributed by atoms with Crippen molar-refractivity contribution >= 4 is 0 Å². The lowest BCUT2D eigenvalue weighted by molar-refractivity contribution is 0.444. The van der Waals surface area contributed by atoms with Gasteiger partial charge >= 0.3 is 0 Å². The minimum atomic E-state index is 0.241. The Balaban J connectivity index is 2.56. The fourth-order valence-corrected chi connectivity index (χ4v) is 2.36.